The first kappa shape index (κ1) is 25.1. The Balaban J connectivity index is 1.32. The van der Waals surface area contributed by atoms with Gasteiger partial charge >= 0.3 is 5.97 Å². The molecule has 2 aromatic carbocycles. The van der Waals surface area contributed by atoms with Gasteiger partial charge in [-0.2, -0.15) is 10.4 Å². The van der Waals surface area contributed by atoms with E-state index in [-0.39, 0.29) is 17.7 Å². The molecule has 0 aliphatic rings. The van der Waals surface area contributed by atoms with Gasteiger partial charge in [0.2, 0.25) is 0 Å². The molecule has 0 amide bonds. The summed E-state index contributed by atoms with van der Waals surface area (Å²) in [6, 6.07) is 11.0. The molecule has 0 saturated carbocycles. The number of fused-ring (bicyclic) bond motifs is 1. The molecule has 1 N–H and O–H groups in total. The van der Waals surface area contributed by atoms with Crippen LogP contribution in [0.5, 0.6) is 5.19 Å². The largest absolute Gasteiger partial charge is 0.478 e. The fourth-order valence-corrected chi connectivity index (χ4v) is 4.59. The summed E-state index contributed by atoms with van der Waals surface area (Å²) in [6.45, 7) is 1.29. The zero-order valence-corrected chi connectivity index (χ0v) is 21.0. The summed E-state index contributed by atoms with van der Waals surface area (Å²) in [7, 11) is 1.61. The van der Waals surface area contributed by atoms with Crippen LogP contribution < -0.4 is 4.74 Å². The Labute approximate surface area is 220 Å². The van der Waals surface area contributed by atoms with E-state index in [1.807, 2.05) is 22.2 Å². The van der Waals surface area contributed by atoms with Gasteiger partial charge in [0, 0.05) is 36.4 Å². The van der Waals surface area contributed by atoms with Crippen LogP contribution in [-0.2, 0) is 24.4 Å². The predicted octanol–water partition coefficient (Wildman–Crippen LogP) is 4.34. The molecule has 5 aromatic rings. The minimum Gasteiger partial charge on any atom is -0.478 e. The molecule has 10 nitrogen and oxygen atoms in total. The highest BCUT2D eigenvalue weighted by molar-refractivity contribution is 7.11. The third-order valence-electron chi connectivity index (χ3n) is 5.84. The van der Waals surface area contributed by atoms with Gasteiger partial charge in [0.15, 0.2) is 0 Å². The molecule has 0 atom stereocenters. The van der Waals surface area contributed by atoms with Gasteiger partial charge in [-0.25, -0.2) is 19.2 Å². The zero-order chi connectivity index (χ0) is 26.6. The standard InChI is InChI=1S/C26H21FN6O4S/c1-36-7-6-33-23-9-17(25(34)35)4-5-21(23)30-24(33)13-32-12-19(11-29-32)22-15-38-26(31-22)37-14-18-3-2-16(10-28)8-20(18)27/h2-5,8-9,11-12,15H,6-7,13-14H2,1H3,(H,34,35). The highest BCUT2D eigenvalue weighted by atomic mass is 32.1. The molecule has 3 aromatic heterocycles. The number of nitriles is 1. The van der Waals surface area contributed by atoms with E-state index in [9.17, 15) is 14.3 Å². The molecule has 38 heavy (non-hydrogen) atoms. The number of carbonyl (C=O) groups is 1. The van der Waals surface area contributed by atoms with Crippen LogP contribution in [0.2, 0.25) is 0 Å². The molecule has 192 valence electrons. The molecule has 0 aliphatic heterocycles. The minimum absolute atomic E-state index is 0.00889. The summed E-state index contributed by atoms with van der Waals surface area (Å²) in [5, 5.41) is 24.9. The van der Waals surface area contributed by atoms with Crippen molar-refractivity contribution in [3.05, 3.63) is 82.5 Å². The Bertz CT molecular complexity index is 1670. The highest BCUT2D eigenvalue weighted by Crippen LogP contribution is 2.27. The Hall–Kier alpha value is -4.60. The van der Waals surface area contributed by atoms with Gasteiger partial charge in [-0.3, -0.25) is 4.68 Å². The van der Waals surface area contributed by atoms with E-state index >= 15 is 0 Å². The molecule has 0 unspecified atom stereocenters. The van der Waals surface area contributed by atoms with Crippen molar-refractivity contribution in [1.82, 2.24) is 24.3 Å². The van der Waals surface area contributed by atoms with Crippen molar-refractivity contribution in [3.63, 3.8) is 0 Å². The smallest absolute Gasteiger partial charge is 0.335 e. The van der Waals surface area contributed by atoms with Crippen LogP contribution in [0.15, 0.2) is 54.2 Å². The second kappa shape index (κ2) is 10.8. The fraction of sp³-hybridized carbons (Fsp3) is 0.192. The van der Waals surface area contributed by atoms with Crippen LogP contribution in [0.1, 0.15) is 27.3 Å². The Kier molecular flexibility index (Phi) is 7.12. The molecule has 0 spiro atoms. The van der Waals surface area contributed by atoms with Gasteiger partial charge in [0.05, 0.1) is 53.3 Å². The van der Waals surface area contributed by atoms with Crippen molar-refractivity contribution in [2.24, 2.45) is 0 Å². The number of ether oxygens (including phenoxy) is 2. The van der Waals surface area contributed by atoms with E-state index in [2.05, 4.69) is 10.1 Å². The Morgan fingerprint density at radius 2 is 2.11 bits per heavy atom. The van der Waals surface area contributed by atoms with Gasteiger partial charge in [0.25, 0.3) is 5.19 Å². The summed E-state index contributed by atoms with van der Waals surface area (Å²) < 4.78 is 28.7. The van der Waals surface area contributed by atoms with Crippen molar-refractivity contribution >= 4 is 28.3 Å². The van der Waals surface area contributed by atoms with Crippen molar-refractivity contribution in [2.75, 3.05) is 13.7 Å². The third kappa shape index (κ3) is 5.24. The summed E-state index contributed by atoms with van der Waals surface area (Å²) in [5.41, 5.74) is 3.61. The molecule has 0 bridgehead atoms. The number of carboxylic acids is 1. The lowest BCUT2D eigenvalue weighted by Gasteiger charge is -2.09. The highest BCUT2D eigenvalue weighted by Gasteiger charge is 2.15. The SMILES string of the molecule is COCCn1c(Cn2cc(-c3csc(OCc4ccc(C#N)cc4F)n3)cn2)nc2ccc(C(=O)O)cc21. The van der Waals surface area contributed by atoms with Crippen molar-refractivity contribution < 1.29 is 23.8 Å². The summed E-state index contributed by atoms with van der Waals surface area (Å²) in [6.07, 6.45) is 3.52. The molecule has 5 rings (SSSR count). The minimum atomic E-state index is -1.00. The molecule has 12 heteroatoms. The van der Waals surface area contributed by atoms with Gasteiger partial charge in [-0.15, -0.1) is 0 Å². The van der Waals surface area contributed by atoms with Crippen molar-refractivity contribution in [2.45, 2.75) is 19.7 Å². The first-order valence-corrected chi connectivity index (χ1v) is 12.3. The van der Waals surface area contributed by atoms with E-state index in [1.165, 1.54) is 35.6 Å². The summed E-state index contributed by atoms with van der Waals surface area (Å²) >= 11 is 1.29. The number of imidazole rings is 1. The first-order chi connectivity index (χ1) is 18.4. The lowest BCUT2D eigenvalue weighted by molar-refractivity contribution is 0.0697. The van der Waals surface area contributed by atoms with Gasteiger partial charge in [0.1, 0.15) is 18.2 Å². The second-order valence-corrected chi connectivity index (χ2v) is 9.13. The molecular weight excluding hydrogens is 511 g/mol. The molecule has 0 radical (unpaired) electrons. The molecular formula is C26H21FN6O4S. The molecule has 0 saturated heterocycles. The van der Waals surface area contributed by atoms with Crippen LogP contribution in [-0.4, -0.2) is 49.1 Å². The van der Waals surface area contributed by atoms with Crippen LogP contribution in [0.3, 0.4) is 0 Å². The normalized spacial score (nSPS) is 11.1. The van der Waals surface area contributed by atoms with E-state index in [0.29, 0.717) is 53.0 Å². The zero-order valence-electron chi connectivity index (χ0n) is 20.2. The first-order valence-electron chi connectivity index (χ1n) is 11.5. The number of carboxylic acid groups (broad SMARTS) is 1. The number of halogens is 1. The predicted molar refractivity (Wildman–Crippen MR) is 136 cm³/mol. The number of nitrogens with zero attached hydrogens (tertiary/aromatic N) is 6. The van der Waals surface area contributed by atoms with E-state index in [1.54, 1.807) is 30.1 Å². The number of thiazole rings is 1. The number of hydrogen-bond donors (Lipinski definition) is 1. The molecule has 0 fully saturated rings. The maximum Gasteiger partial charge on any atom is 0.335 e. The van der Waals surface area contributed by atoms with E-state index in [0.717, 1.165) is 5.56 Å². The van der Waals surface area contributed by atoms with E-state index < -0.39 is 11.8 Å². The molecule has 3 heterocycles. The van der Waals surface area contributed by atoms with Crippen LogP contribution >= 0.6 is 11.3 Å². The number of methoxy groups -OCH3 is 1. The van der Waals surface area contributed by atoms with Gasteiger partial charge in [-0.05, 0) is 30.3 Å². The van der Waals surface area contributed by atoms with Crippen molar-refractivity contribution in [1.29, 1.82) is 5.26 Å². The fourth-order valence-electron chi connectivity index (χ4n) is 3.92. The van der Waals surface area contributed by atoms with Gasteiger partial charge in [-0.1, -0.05) is 17.4 Å². The average molecular weight is 533 g/mol. The quantitative estimate of drug-likeness (QED) is 0.281. The van der Waals surface area contributed by atoms with Crippen LogP contribution in [0.25, 0.3) is 22.3 Å². The number of benzene rings is 2. The number of hydrogen-bond acceptors (Lipinski definition) is 8. The maximum atomic E-state index is 14.1. The maximum absolute atomic E-state index is 14.1. The van der Waals surface area contributed by atoms with Gasteiger partial charge < -0.3 is 19.1 Å². The lowest BCUT2D eigenvalue weighted by atomic mass is 10.1. The lowest BCUT2D eigenvalue weighted by Crippen LogP contribution is -2.12. The topological polar surface area (TPSA) is 128 Å². The summed E-state index contributed by atoms with van der Waals surface area (Å²) in [5.74, 6) is -0.794. The van der Waals surface area contributed by atoms with Crippen molar-refractivity contribution in [3.8, 4) is 22.5 Å². The summed E-state index contributed by atoms with van der Waals surface area (Å²) in [4.78, 5) is 20.6. The number of rotatable bonds is 10. The Morgan fingerprint density at radius 1 is 1.24 bits per heavy atom. The van der Waals surface area contributed by atoms with Crippen LogP contribution in [0.4, 0.5) is 4.39 Å². The Morgan fingerprint density at radius 3 is 2.87 bits per heavy atom. The molecule has 0 aliphatic carbocycles. The monoisotopic (exact) mass is 532 g/mol. The second-order valence-electron chi connectivity index (χ2n) is 8.31. The third-order valence-corrected chi connectivity index (χ3v) is 6.59. The van der Waals surface area contributed by atoms with Crippen LogP contribution in [0, 0.1) is 17.1 Å². The number of aromatic carboxylic acids is 1. The average Bonchev–Trinajstić information content (AvgIpc) is 3.65. The number of aromatic nitrogens is 5. The van der Waals surface area contributed by atoms with E-state index in [4.69, 9.17) is 19.7 Å².